The molecule has 0 saturated heterocycles. The lowest BCUT2D eigenvalue weighted by Gasteiger charge is -2.29. The number of hydrogen-bond donors (Lipinski definition) is 4. The normalized spacial score (nSPS) is 15.9. The molecule has 202 valence electrons. The molecule has 5 atom stereocenters. The van der Waals surface area contributed by atoms with Crippen LogP contribution in [0.1, 0.15) is 123 Å². The molecule has 0 radical (unpaired) electrons. The highest BCUT2D eigenvalue weighted by Gasteiger charge is 2.36. The summed E-state index contributed by atoms with van der Waals surface area (Å²) in [5.41, 5.74) is 0. The highest BCUT2D eigenvalue weighted by Crippen LogP contribution is 2.23. The first-order valence-corrected chi connectivity index (χ1v) is 13.7. The lowest BCUT2D eigenvalue weighted by Crippen LogP contribution is -2.49. The molecular weight excluding hydrogens is 436 g/mol. The summed E-state index contributed by atoms with van der Waals surface area (Å²) < 4.78 is 5.34. The van der Waals surface area contributed by atoms with Gasteiger partial charge in [0.2, 0.25) is 0 Å². The van der Waals surface area contributed by atoms with Gasteiger partial charge in [-0.3, -0.25) is 4.79 Å². The molecule has 7 heteroatoms. The molecule has 1 unspecified atom stereocenters. The lowest BCUT2D eigenvalue weighted by molar-refractivity contribution is -0.178. The second-order valence-electron chi connectivity index (χ2n) is 9.64. The van der Waals surface area contributed by atoms with Crippen molar-refractivity contribution < 1.29 is 34.8 Å². The first kappa shape index (κ1) is 33.0. The van der Waals surface area contributed by atoms with Gasteiger partial charge in [0, 0.05) is 0 Å². The average molecular weight is 489 g/mol. The van der Waals surface area contributed by atoms with Crippen molar-refractivity contribution in [3.05, 3.63) is 0 Å². The van der Waals surface area contributed by atoms with Crippen molar-refractivity contribution in [1.82, 2.24) is 0 Å². The second-order valence-corrected chi connectivity index (χ2v) is 9.64. The van der Waals surface area contributed by atoms with Crippen molar-refractivity contribution in [3.8, 4) is 0 Å². The van der Waals surface area contributed by atoms with Crippen LogP contribution in [0.2, 0.25) is 0 Å². The summed E-state index contributed by atoms with van der Waals surface area (Å²) in [4.78, 5) is 24.0. The van der Waals surface area contributed by atoms with Crippen LogP contribution in [0.3, 0.4) is 0 Å². The van der Waals surface area contributed by atoms with Gasteiger partial charge in [-0.25, -0.2) is 0 Å². The molecule has 0 heterocycles. The molecule has 0 rings (SSSR count). The van der Waals surface area contributed by atoms with Crippen molar-refractivity contribution in [1.29, 1.82) is 0 Å². The summed E-state index contributed by atoms with van der Waals surface area (Å²) in [6.45, 7) is 3.61. The fraction of sp³-hybridized carbons (Fsp3) is 0.926. The largest absolute Gasteiger partial charge is 0.456 e. The van der Waals surface area contributed by atoms with E-state index in [1.54, 1.807) is 0 Å². The minimum absolute atomic E-state index is 0.161. The predicted octanol–water partition coefficient (Wildman–Crippen LogP) is 4.46. The molecule has 0 saturated carbocycles. The number of hydrogen-bond acceptors (Lipinski definition) is 7. The van der Waals surface area contributed by atoms with Crippen LogP contribution >= 0.6 is 0 Å². The van der Waals surface area contributed by atoms with Crippen LogP contribution in [0.5, 0.6) is 0 Å². The summed E-state index contributed by atoms with van der Waals surface area (Å²) in [6.07, 6.45) is 12.0. The second kappa shape index (κ2) is 22.4. The maximum absolute atomic E-state index is 12.9. The van der Waals surface area contributed by atoms with E-state index in [0.29, 0.717) is 12.8 Å². The maximum atomic E-state index is 12.9. The molecule has 0 aromatic rings. The first-order valence-electron chi connectivity index (χ1n) is 13.7. The standard InChI is InChI=1S/C27H52O7/c1-3-5-7-9-11-12-13-15-17-19-22(18-16-14-10-8-6-4-2)27(33)34-26(24(31)21-29)25(32)23(30)20-28/h21-26,28,30-32H,3-20H2,1-2H3/t22?,23-,24+,25-,26-/m1/s1. The third-order valence-corrected chi connectivity index (χ3v) is 6.54. The number of carbonyl (C=O) groups is 2. The molecular formula is C27H52O7. The summed E-state index contributed by atoms with van der Waals surface area (Å²) >= 11 is 0. The highest BCUT2D eigenvalue weighted by molar-refractivity contribution is 5.73. The molecule has 0 aromatic heterocycles. The third kappa shape index (κ3) is 15.8. The highest BCUT2D eigenvalue weighted by atomic mass is 16.6. The smallest absolute Gasteiger partial charge is 0.309 e. The zero-order valence-electron chi connectivity index (χ0n) is 21.7. The van der Waals surface area contributed by atoms with E-state index in [1.165, 1.54) is 57.8 Å². The van der Waals surface area contributed by atoms with Gasteiger partial charge in [0.05, 0.1) is 12.5 Å². The Hall–Kier alpha value is -1.02. The maximum Gasteiger partial charge on any atom is 0.309 e. The number of esters is 1. The number of aliphatic hydroxyl groups excluding tert-OH is 4. The Kier molecular flexibility index (Phi) is 21.8. The number of rotatable bonds is 24. The van der Waals surface area contributed by atoms with E-state index in [9.17, 15) is 24.9 Å². The predicted molar refractivity (Wildman–Crippen MR) is 134 cm³/mol. The SMILES string of the molecule is CCCCCCCCCCCC(CCCCCCCC)C(=O)O[C@@H]([C@H](O)[C@H](O)CO)[C@@H](O)C=O. The average Bonchev–Trinajstić information content (AvgIpc) is 2.85. The van der Waals surface area contributed by atoms with Crippen LogP contribution in [-0.2, 0) is 14.3 Å². The van der Waals surface area contributed by atoms with Crippen LogP contribution in [0, 0.1) is 5.92 Å². The Balaban J connectivity index is 4.76. The van der Waals surface area contributed by atoms with Gasteiger partial charge in [-0.2, -0.15) is 0 Å². The van der Waals surface area contributed by atoms with Crippen molar-refractivity contribution in [3.63, 3.8) is 0 Å². The number of aliphatic hydroxyl groups is 4. The Bertz CT molecular complexity index is 486. The molecule has 0 fully saturated rings. The Morgan fingerprint density at radius 3 is 1.53 bits per heavy atom. The minimum Gasteiger partial charge on any atom is -0.456 e. The fourth-order valence-electron chi connectivity index (χ4n) is 4.23. The minimum atomic E-state index is -1.78. The van der Waals surface area contributed by atoms with Crippen LogP contribution < -0.4 is 0 Å². The van der Waals surface area contributed by atoms with E-state index in [-0.39, 0.29) is 12.2 Å². The molecule has 0 bridgehead atoms. The van der Waals surface area contributed by atoms with Crippen LogP contribution in [-0.4, -0.2) is 63.7 Å². The number of ether oxygens (including phenoxy) is 1. The van der Waals surface area contributed by atoms with E-state index in [1.807, 2.05) is 0 Å². The van der Waals surface area contributed by atoms with Crippen molar-refractivity contribution in [2.24, 2.45) is 5.92 Å². The third-order valence-electron chi connectivity index (χ3n) is 6.54. The number of aldehydes is 1. The van der Waals surface area contributed by atoms with E-state index >= 15 is 0 Å². The lowest BCUT2D eigenvalue weighted by atomic mass is 9.93. The topological polar surface area (TPSA) is 124 Å². The van der Waals surface area contributed by atoms with Gasteiger partial charge in [-0.1, -0.05) is 110 Å². The quantitative estimate of drug-likeness (QED) is 0.0898. The molecule has 0 aliphatic heterocycles. The van der Waals surface area contributed by atoms with E-state index in [4.69, 9.17) is 9.84 Å². The Labute approximate surface area is 207 Å². The van der Waals surface area contributed by atoms with Gasteiger partial charge >= 0.3 is 5.97 Å². The zero-order valence-corrected chi connectivity index (χ0v) is 21.7. The summed E-state index contributed by atoms with van der Waals surface area (Å²) in [6, 6.07) is 0. The molecule has 7 nitrogen and oxygen atoms in total. The first-order chi connectivity index (χ1) is 16.4. The molecule has 4 N–H and O–H groups in total. The molecule has 0 aromatic carbocycles. The van der Waals surface area contributed by atoms with Crippen molar-refractivity contribution >= 4 is 12.3 Å². The van der Waals surface area contributed by atoms with E-state index in [0.717, 1.165) is 38.5 Å². The van der Waals surface area contributed by atoms with Gasteiger partial charge in [0.15, 0.2) is 12.4 Å². The van der Waals surface area contributed by atoms with Gasteiger partial charge in [-0.05, 0) is 12.8 Å². The van der Waals surface area contributed by atoms with E-state index in [2.05, 4.69) is 13.8 Å². The van der Waals surface area contributed by atoms with Crippen LogP contribution in [0.25, 0.3) is 0 Å². The summed E-state index contributed by atoms with van der Waals surface area (Å²) in [7, 11) is 0. The van der Waals surface area contributed by atoms with Crippen molar-refractivity contribution in [2.75, 3.05) is 6.61 Å². The fourth-order valence-corrected chi connectivity index (χ4v) is 4.23. The van der Waals surface area contributed by atoms with Gasteiger partial charge in [-0.15, -0.1) is 0 Å². The summed E-state index contributed by atoms with van der Waals surface area (Å²) in [5, 5.41) is 38.9. The van der Waals surface area contributed by atoms with Crippen LogP contribution in [0.4, 0.5) is 0 Å². The Morgan fingerprint density at radius 2 is 1.15 bits per heavy atom. The van der Waals surface area contributed by atoms with Crippen molar-refractivity contribution in [2.45, 2.75) is 147 Å². The zero-order chi connectivity index (χ0) is 25.6. The van der Waals surface area contributed by atoms with Gasteiger partial charge < -0.3 is 30.0 Å². The van der Waals surface area contributed by atoms with Gasteiger partial charge in [0.25, 0.3) is 0 Å². The molecule has 0 spiro atoms. The van der Waals surface area contributed by atoms with E-state index < -0.39 is 37.0 Å². The molecule has 0 aliphatic carbocycles. The number of unbranched alkanes of at least 4 members (excludes halogenated alkanes) is 13. The monoisotopic (exact) mass is 488 g/mol. The van der Waals surface area contributed by atoms with Gasteiger partial charge in [0.1, 0.15) is 18.3 Å². The molecule has 0 amide bonds. The van der Waals surface area contributed by atoms with Crippen LogP contribution in [0.15, 0.2) is 0 Å². The number of carbonyl (C=O) groups excluding carboxylic acids is 2. The molecule has 34 heavy (non-hydrogen) atoms. The molecule has 0 aliphatic rings. The summed E-state index contributed by atoms with van der Waals surface area (Å²) in [5.74, 6) is -0.946. The Morgan fingerprint density at radius 1 is 0.735 bits per heavy atom.